The van der Waals surface area contributed by atoms with E-state index in [9.17, 15) is 4.79 Å². The van der Waals surface area contributed by atoms with Gasteiger partial charge in [0.1, 0.15) is 11.5 Å². The van der Waals surface area contributed by atoms with Crippen molar-refractivity contribution in [2.75, 3.05) is 36.0 Å². The van der Waals surface area contributed by atoms with Crippen LogP contribution >= 0.6 is 0 Å². The third kappa shape index (κ3) is 4.28. The van der Waals surface area contributed by atoms with Gasteiger partial charge < -0.3 is 15.1 Å². The second-order valence-electron chi connectivity index (χ2n) is 6.64. The highest BCUT2D eigenvalue weighted by molar-refractivity contribution is 5.92. The number of rotatable bonds is 5. The molecule has 7 heteroatoms. The lowest BCUT2D eigenvalue weighted by atomic mass is 10.2. The molecule has 0 aromatic carbocycles. The van der Waals surface area contributed by atoms with E-state index < -0.39 is 0 Å². The molecule has 1 unspecified atom stereocenters. The number of nitrogens with zero attached hydrogens (tertiary/aromatic N) is 5. The van der Waals surface area contributed by atoms with Crippen molar-refractivity contribution in [2.24, 2.45) is 0 Å². The molecule has 7 nitrogen and oxygen atoms in total. The predicted octanol–water partition coefficient (Wildman–Crippen LogP) is 2.03. The second-order valence-corrected chi connectivity index (χ2v) is 6.64. The third-order valence-electron chi connectivity index (χ3n) is 4.60. The minimum Gasteiger partial charge on any atom is -0.353 e. The van der Waals surface area contributed by atoms with Crippen molar-refractivity contribution in [1.82, 2.24) is 20.3 Å². The number of nitrogens with one attached hydrogen (secondary N) is 1. The molecule has 26 heavy (non-hydrogen) atoms. The summed E-state index contributed by atoms with van der Waals surface area (Å²) in [4.78, 5) is 30.2. The number of piperazine rings is 1. The normalized spacial score (nSPS) is 15.7. The summed E-state index contributed by atoms with van der Waals surface area (Å²) in [5.74, 6) is 1.48. The standard InChI is InChI=1S/C19H26N6O/c1-4-14(2)21-18(26)16-13-15(3)22-19(23-16)25-11-9-24(10-12-25)17-7-5-6-8-20-17/h5-8,13-14H,4,9-12H2,1-3H3,(H,21,26). The number of aromatic nitrogens is 3. The molecule has 138 valence electrons. The van der Waals surface area contributed by atoms with Gasteiger partial charge in [-0.3, -0.25) is 4.79 Å². The lowest BCUT2D eigenvalue weighted by Crippen LogP contribution is -2.47. The van der Waals surface area contributed by atoms with Crippen molar-refractivity contribution in [3.8, 4) is 0 Å². The Hall–Kier alpha value is -2.70. The molecule has 1 N–H and O–H groups in total. The van der Waals surface area contributed by atoms with Gasteiger partial charge in [0, 0.05) is 44.1 Å². The van der Waals surface area contributed by atoms with E-state index in [2.05, 4.69) is 30.1 Å². The maximum absolute atomic E-state index is 12.4. The van der Waals surface area contributed by atoms with Crippen LogP contribution in [0.4, 0.5) is 11.8 Å². The van der Waals surface area contributed by atoms with Crippen molar-refractivity contribution in [3.05, 3.63) is 41.9 Å². The highest BCUT2D eigenvalue weighted by atomic mass is 16.1. The number of aryl methyl sites for hydroxylation is 1. The average molecular weight is 354 g/mol. The number of hydrogen-bond donors (Lipinski definition) is 1. The molecular weight excluding hydrogens is 328 g/mol. The number of hydrogen-bond acceptors (Lipinski definition) is 6. The van der Waals surface area contributed by atoms with E-state index in [1.807, 2.05) is 45.2 Å². The molecule has 0 spiro atoms. The molecule has 1 atom stereocenters. The Balaban J connectivity index is 1.69. The van der Waals surface area contributed by atoms with E-state index in [0.717, 1.165) is 44.1 Å². The zero-order chi connectivity index (χ0) is 18.5. The first-order chi connectivity index (χ1) is 12.6. The van der Waals surface area contributed by atoms with Crippen molar-refractivity contribution in [2.45, 2.75) is 33.2 Å². The van der Waals surface area contributed by atoms with Crippen LogP contribution in [0.2, 0.25) is 0 Å². The van der Waals surface area contributed by atoms with Crippen LogP contribution in [-0.4, -0.2) is 53.1 Å². The highest BCUT2D eigenvalue weighted by Gasteiger charge is 2.21. The van der Waals surface area contributed by atoms with Crippen LogP contribution in [0.3, 0.4) is 0 Å². The third-order valence-corrected chi connectivity index (χ3v) is 4.60. The molecule has 3 heterocycles. The van der Waals surface area contributed by atoms with Gasteiger partial charge in [-0.1, -0.05) is 13.0 Å². The van der Waals surface area contributed by atoms with Crippen LogP contribution in [0, 0.1) is 6.92 Å². The van der Waals surface area contributed by atoms with Crippen LogP contribution in [-0.2, 0) is 0 Å². The lowest BCUT2D eigenvalue weighted by Gasteiger charge is -2.35. The van der Waals surface area contributed by atoms with E-state index in [-0.39, 0.29) is 11.9 Å². The summed E-state index contributed by atoms with van der Waals surface area (Å²) >= 11 is 0. The Labute approximate surface area is 154 Å². The van der Waals surface area contributed by atoms with Gasteiger partial charge >= 0.3 is 0 Å². The molecular formula is C19H26N6O. The van der Waals surface area contributed by atoms with Crippen LogP contribution < -0.4 is 15.1 Å². The summed E-state index contributed by atoms with van der Waals surface area (Å²) in [5.41, 5.74) is 1.23. The van der Waals surface area contributed by atoms with E-state index in [1.54, 1.807) is 6.07 Å². The first-order valence-corrected chi connectivity index (χ1v) is 9.14. The summed E-state index contributed by atoms with van der Waals surface area (Å²) in [6.07, 6.45) is 2.70. The molecule has 2 aromatic rings. The molecule has 1 aliphatic rings. The summed E-state index contributed by atoms with van der Waals surface area (Å²) in [6, 6.07) is 7.82. The Morgan fingerprint density at radius 3 is 2.58 bits per heavy atom. The van der Waals surface area contributed by atoms with Crippen molar-refractivity contribution in [3.63, 3.8) is 0 Å². The molecule has 1 aliphatic heterocycles. The maximum atomic E-state index is 12.4. The molecule has 0 aliphatic carbocycles. The molecule has 0 radical (unpaired) electrons. The Kier molecular flexibility index (Phi) is 5.65. The largest absolute Gasteiger partial charge is 0.353 e. The van der Waals surface area contributed by atoms with Gasteiger partial charge in [-0.05, 0) is 38.5 Å². The SMILES string of the molecule is CCC(C)NC(=O)c1cc(C)nc(N2CCN(c3ccccn3)CC2)n1. The van der Waals surface area contributed by atoms with Crippen molar-refractivity contribution < 1.29 is 4.79 Å². The molecule has 0 saturated carbocycles. The number of carbonyl (C=O) groups is 1. The minimum absolute atomic E-state index is 0.128. The van der Waals surface area contributed by atoms with E-state index >= 15 is 0 Å². The molecule has 0 bridgehead atoms. The van der Waals surface area contributed by atoms with Crippen LogP contribution in [0.1, 0.15) is 36.5 Å². The molecule has 3 rings (SSSR count). The monoisotopic (exact) mass is 354 g/mol. The molecule has 1 fully saturated rings. The molecule has 2 aromatic heterocycles. The summed E-state index contributed by atoms with van der Waals surface area (Å²) in [7, 11) is 0. The topological polar surface area (TPSA) is 74.2 Å². The lowest BCUT2D eigenvalue weighted by molar-refractivity contribution is 0.0934. The average Bonchev–Trinajstić information content (AvgIpc) is 2.68. The van der Waals surface area contributed by atoms with Gasteiger partial charge in [-0.25, -0.2) is 15.0 Å². The first kappa shape index (κ1) is 18.1. The Morgan fingerprint density at radius 1 is 1.19 bits per heavy atom. The number of amides is 1. The van der Waals surface area contributed by atoms with Crippen LogP contribution in [0.5, 0.6) is 0 Å². The molecule has 1 saturated heterocycles. The van der Waals surface area contributed by atoms with E-state index in [0.29, 0.717) is 11.6 Å². The van der Waals surface area contributed by atoms with E-state index in [4.69, 9.17) is 0 Å². The fourth-order valence-corrected chi connectivity index (χ4v) is 2.89. The van der Waals surface area contributed by atoms with Crippen molar-refractivity contribution >= 4 is 17.7 Å². The van der Waals surface area contributed by atoms with Crippen LogP contribution in [0.25, 0.3) is 0 Å². The fraction of sp³-hybridized carbons (Fsp3) is 0.474. The van der Waals surface area contributed by atoms with Gasteiger partial charge in [-0.15, -0.1) is 0 Å². The highest BCUT2D eigenvalue weighted by Crippen LogP contribution is 2.17. The summed E-state index contributed by atoms with van der Waals surface area (Å²) < 4.78 is 0. The fourth-order valence-electron chi connectivity index (χ4n) is 2.89. The van der Waals surface area contributed by atoms with Gasteiger partial charge in [0.15, 0.2) is 0 Å². The quantitative estimate of drug-likeness (QED) is 0.886. The van der Waals surface area contributed by atoms with Gasteiger partial charge in [-0.2, -0.15) is 0 Å². The minimum atomic E-state index is -0.141. The van der Waals surface area contributed by atoms with Crippen LogP contribution in [0.15, 0.2) is 30.5 Å². The van der Waals surface area contributed by atoms with Gasteiger partial charge in [0.05, 0.1) is 0 Å². The van der Waals surface area contributed by atoms with Crippen molar-refractivity contribution in [1.29, 1.82) is 0 Å². The van der Waals surface area contributed by atoms with Gasteiger partial charge in [0.25, 0.3) is 5.91 Å². The van der Waals surface area contributed by atoms with Gasteiger partial charge in [0.2, 0.25) is 5.95 Å². The zero-order valence-corrected chi connectivity index (χ0v) is 15.6. The Bertz CT molecular complexity index is 743. The summed E-state index contributed by atoms with van der Waals surface area (Å²) in [5, 5.41) is 2.97. The zero-order valence-electron chi connectivity index (χ0n) is 15.6. The molecule has 1 amide bonds. The predicted molar refractivity (Wildman–Crippen MR) is 103 cm³/mol. The number of carbonyl (C=O) groups excluding carboxylic acids is 1. The maximum Gasteiger partial charge on any atom is 0.270 e. The van der Waals surface area contributed by atoms with E-state index in [1.165, 1.54) is 0 Å². The summed E-state index contributed by atoms with van der Waals surface area (Å²) in [6.45, 7) is 9.23. The Morgan fingerprint density at radius 2 is 1.92 bits per heavy atom. The smallest absolute Gasteiger partial charge is 0.270 e. The number of anilines is 2. The first-order valence-electron chi connectivity index (χ1n) is 9.14. The second kappa shape index (κ2) is 8.12. The number of pyridine rings is 1.